The molecule has 0 radical (unpaired) electrons. The van der Waals surface area contributed by atoms with Gasteiger partial charge in [0.05, 0.1) is 38.8 Å². The summed E-state index contributed by atoms with van der Waals surface area (Å²) in [5.74, 6) is -0.942. The number of ketones is 1. The molecule has 0 saturated carbocycles. The number of ether oxygens (including phenoxy) is 4. The molecule has 1 N–H and O–H groups in total. The van der Waals surface area contributed by atoms with Crippen molar-refractivity contribution >= 4 is 60.6 Å². The Hall–Kier alpha value is -2.64. The highest BCUT2D eigenvalue weighted by atomic mass is 28.4. The lowest BCUT2D eigenvalue weighted by Crippen LogP contribution is -2.39. The second-order valence-electron chi connectivity index (χ2n) is 12.0. The first kappa shape index (κ1) is 53.2. The number of rotatable bonds is 28. The molecule has 0 saturated heterocycles. The van der Waals surface area contributed by atoms with Gasteiger partial charge in [-0.2, -0.15) is 0 Å². The van der Waals surface area contributed by atoms with Crippen molar-refractivity contribution in [1.29, 1.82) is 0 Å². The molecule has 288 valence electrons. The molecule has 0 aromatic carbocycles. The molecule has 0 fully saturated rings. The van der Waals surface area contributed by atoms with Gasteiger partial charge in [0.1, 0.15) is 39.4 Å². The van der Waals surface area contributed by atoms with Crippen molar-refractivity contribution < 1.29 is 61.4 Å². The fourth-order valence-electron chi connectivity index (χ4n) is 4.14. The number of nitrogens with one attached hydrogen (secondary N) is 1. The van der Waals surface area contributed by atoms with Crippen LogP contribution in [0.25, 0.3) is 0 Å². The largest absolute Gasteiger partial charge is 0.463 e. The van der Waals surface area contributed by atoms with Gasteiger partial charge in [0.25, 0.3) is 0 Å². The summed E-state index contributed by atoms with van der Waals surface area (Å²) in [6, 6.07) is 2.01. The normalized spacial score (nSPS) is 11.2. The Morgan fingerprint density at radius 1 is 0.653 bits per heavy atom. The number of hydrogen-bond donors (Lipinski definition) is 1. The molecular weight excluding hydrogens is 675 g/mol. The highest BCUT2D eigenvalue weighted by molar-refractivity contribution is 6.76. The monoisotopic (exact) mass is 739 g/mol. The van der Waals surface area contributed by atoms with Crippen LogP contribution in [0.5, 0.6) is 0 Å². The second kappa shape index (κ2) is 36.6. The highest BCUT2D eigenvalue weighted by Crippen LogP contribution is 2.16. The van der Waals surface area contributed by atoms with Crippen molar-refractivity contribution in [2.45, 2.75) is 117 Å². The molecular formula is C33H65NO13Si2. The molecule has 1 amide bonds. The topological polar surface area (TPSA) is 187 Å². The van der Waals surface area contributed by atoms with E-state index >= 15 is 0 Å². The number of esters is 2. The molecule has 0 spiro atoms. The lowest BCUT2D eigenvalue weighted by molar-refractivity contribution is -0.148. The van der Waals surface area contributed by atoms with E-state index in [4.69, 9.17) is 42.2 Å². The van der Waals surface area contributed by atoms with Crippen molar-refractivity contribution in [2.24, 2.45) is 0 Å². The van der Waals surface area contributed by atoms with Crippen LogP contribution < -0.4 is 5.32 Å². The average Bonchev–Trinajstić information content (AvgIpc) is 3.07. The van der Waals surface area contributed by atoms with Crippen LogP contribution in [0.1, 0.15) is 72.1 Å². The second-order valence-corrected chi connectivity index (χ2v) is 20.9. The lowest BCUT2D eigenvalue weighted by Gasteiger charge is -2.25. The van der Waals surface area contributed by atoms with E-state index in [2.05, 4.69) is 25.0 Å². The number of unbranched alkanes of at least 4 members (excludes halogenated alkanes) is 1. The number of amides is 1. The van der Waals surface area contributed by atoms with Crippen molar-refractivity contribution in [2.75, 3.05) is 52.8 Å². The van der Waals surface area contributed by atoms with Gasteiger partial charge in [0.15, 0.2) is 0 Å². The van der Waals surface area contributed by atoms with Gasteiger partial charge in [-0.1, -0.05) is 32.1 Å². The zero-order valence-electron chi connectivity index (χ0n) is 31.2. The Kier molecular flexibility index (Phi) is 39.8. The quantitative estimate of drug-likeness (QED) is 0.0683. The molecule has 1 unspecified atom stereocenters. The average molecular weight is 740 g/mol. The number of carbonyl (C=O) groups excluding carboxylic acids is 7. The zero-order valence-corrected chi connectivity index (χ0v) is 33.2. The van der Waals surface area contributed by atoms with Crippen LogP contribution in [0.4, 0.5) is 0 Å². The van der Waals surface area contributed by atoms with Crippen LogP contribution in [0.15, 0.2) is 0 Å². The van der Waals surface area contributed by atoms with Crippen LogP contribution in [0.2, 0.25) is 38.3 Å². The first-order chi connectivity index (χ1) is 23.3. The third kappa shape index (κ3) is 39.7. The predicted molar refractivity (Wildman–Crippen MR) is 192 cm³/mol. The Morgan fingerprint density at radius 2 is 1.18 bits per heavy atom. The SMILES string of the molecule is C=O.C=O.C=O.CCO[Si](C)(CCCNC(=O)CCC(=O)OCCOC(C)COCCOC(=O)CCC(=O)CCCC[Si](C)(C)C)OCC. The van der Waals surface area contributed by atoms with Gasteiger partial charge in [-0.3, -0.25) is 19.2 Å². The van der Waals surface area contributed by atoms with Gasteiger partial charge in [-0.25, -0.2) is 0 Å². The number of carbonyl (C=O) groups is 7. The minimum atomic E-state index is -2.19. The summed E-state index contributed by atoms with van der Waals surface area (Å²) >= 11 is 0. The summed E-state index contributed by atoms with van der Waals surface area (Å²) in [7, 11) is -3.25. The minimum Gasteiger partial charge on any atom is -0.463 e. The summed E-state index contributed by atoms with van der Waals surface area (Å²) in [6.45, 7) is 23.3. The van der Waals surface area contributed by atoms with E-state index in [-0.39, 0.29) is 69.9 Å². The van der Waals surface area contributed by atoms with E-state index < -0.39 is 28.6 Å². The van der Waals surface area contributed by atoms with Gasteiger partial charge in [-0.15, -0.1) is 0 Å². The van der Waals surface area contributed by atoms with Gasteiger partial charge < -0.3 is 47.5 Å². The predicted octanol–water partition coefficient (Wildman–Crippen LogP) is 4.23. The third-order valence-electron chi connectivity index (χ3n) is 6.42. The molecule has 1 atom stereocenters. The van der Waals surface area contributed by atoms with E-state index in [1.165, 1.54) is 6.04 Å². The molecule has 49 heavy (non-hydrogen) atoms. The summed E-state index contributed by atoms with van der Waals surface area (Å²) in [5, 5.41) is 2.82. The summed E-state index contributed by atoms with van der Waals surface area (Å²) < 4.78 is 32.8. The van der Waals surface area contributed by atoms with Crippen molar-refractivity contribution in [3.8, 4) is 0 Å². The van der Waals surface area contributed by atoms with Crippen molar-refractivity contribution in [3.63, 3.8) is 0 Å². The van der Waals surface area contributed by atoms with Crippen LogP contribution in [-0.2, 0) is 61.4 Å². The molecule has 0 bridgehead atoms. The van der Waals surface area contributed by atoms with Gasteiger partial charge in [-0.05, 0) is 46.2 Å². The van der Waals surface area contributed by atoms with E-state index in [9.17, 15) is 19.2 Å². The number of hydrogen-bond acceptors (Lipinski definition) is 13. The molecule has 0 aliphatic heterocycles. The molecule has 0 heterocycles. The fourth-order valence-corrected chi connectivity index (χ4v) is 7.87. The first-order valence-corrected chi connectivity index (χ1v) is 23.0. The highest BCUT2D eigenvalue weighted by Gasteiger charge is 2.29. The summed E-state index contributed by atoms with van der Waals surface area (Å²) in [5.41, 5.74) is 0. The maximum Gasteiger partial charge on any atom is 0.334 e. The van der Waals surface area contributed by atoms with Crippen molar-refractivity contribution in [1.82, 2.24) is 5.32 Å². The molecule has 0 aromatic rings. The number of Topliss-reactive ketones (excluding diaryl/α,β-unsaturated/α-hetero) is 1. The standard InChI is InChI=1S/C30H59NO10Si2.3CH2O/c1-8-40-43(7,41-9-2)24-12-18-31-28(33)15-17-30(35)39-22-21-37-26(3)25-36-19-20-38-29(34)16-14-27(32)13-10-11-23-42(4,5)6;3*1-2/h26H,8-25H2,1-7H3,(H,31,33);3*1H2. The van der Waals surface area contributed by atoms with Crippen LogP contribution in [0.3, 0.4) is 0 Å². The first-order valence-electron chi connectivity index (χ1n) is 16.7. The minimum absolute atomic E-state index is 0.000449. The molecule has 0 aliphatic rings. The van der Waals surface area contributed by atoms with E-state index in [1.807, 2.05) is 47.7 Å². The maximum atomic E-state index is 12.0. The van der Waals surface area contributed by atoms with Crippen LogP contribution in [-0.4, -0.2) is 120 Å². The van der Waals surface area contributed by atoms with Crippen LogP contribution in [0, 0.1) is 0 Å². The Labute approximate surface area is 296 Å². The Bertz CT molecular complexity index is 833. The molecule has 16 heteroatoms. The van der Waals surface area contributed by atoms with Gasteiger partial charge in [0.2, 0.25) is 5.91 Å². The summed E-state index contributed by atoms with van der Waals surface area (Å²) in [4.78, 5) is 71.7. The smallest absolute Gasteiger partial charge is 0.334 e. The molecule has 0 aliphatic carbocycles. The van der Waals surface area contributed by atoms with E-state index in [0.29, 0.717) is 32.8 Å². The Morgan fingerprint density at radius 3 is 1.71 bits per heavy atom. The van der Waals surface area contributed by atoms with E-state index in [0.717, 1.165) is 25.3 Å². The van der Waals surface area contributed by atoms with Crippen molar-refractivity contribution in [3.05, 3.63) is 0 Å². The Balaban J connectivity index is -0.00000159. The third-order valence-corrected chi connectivity index (χ3v) is 11.3. The fraction of sp³-hybridized carbons (Fsp3) is 0.788. The summed E-state index contributed by atoms with van der Waals surface area (Å²) in [6.07, 6.45) is 3.39. The molecule has 14 nitrogen and oxygen atoms in total. The lowest BCUT2D eigenvalue weighted by atomic mass is 10.1. The molecule has 0 aromatic heterocycles. The maximum absolute atomic E-state index is 12.0. The zero-order chi connectivity index (χ0) is 38.6. The van der Waals surface area contributed by atoms with Gasteiger partial charge >= 0.3 is 20.5 Å². The van der Waals surface area contributed by atoms with Crippen LogP contribution >= 0.6 is 0 Å². The van der Waals surface area contributed by atoms with Gasteiger partial charge in [0, 0.05) is 47.1 Å². The van der Waals surface area contributed by atoms with E-state index in [1.54, 1.807) is 0 Å². The molecule has 0 rings (SSSR count).